The van der Waals surface area contributed by atoms with Crippen molar-refractivity contribution in [2.45, 2.75) is 45.1 Å². The number of carbonyl (C=O) groups excluding carboxylic acids is 1. The zero-order chi connectivity index (χ0) is 22.3. The van der Waals surface area contributed by atoms with E-state index in [0.717, 1.165) is 30.4 Å². The van der Waals surface area contributed by atoms with Crippen molar-refractivity contribution in [3.8, 4) is 11.5 Å². The molecule has 2 aromatic rings. The summed E-state index contributed by atoms with van der Waals surface area (Å²) in [5.41, 5.74) is 1.36. The molecule has 4 nitrogen and oxygen atoms in total. The van der Waals surface area contributed by atoms with Gasteiger partial charge in [0.05, 0.1) is 19.6 Å². The van der Waals surface area contributed by atoms with Crippen molar-refractivity contribution in [1.82, 2.24) is 4.90 Å². The van der Waals surface area contributed by atoms with Gasteiger partial charge in [0.2, 0.25) is 0 Å². The number of halogens is 1. The number of ether oxygens (including phenoxy) is 2. The predicted molar refractivity (Wildman–Crippen MR) is 119 cm³/mol. The molecule has 0 heterocycles. The number of rotatable bonds is 11. The monoisotopic (exact) mass is 415 g/mol. The molecule has 0 N–H and O–H groups in total. The molecule has 0 saturated heterocycles. The molecule has 0 aliphatic rings. The van der Waals surface area contributed by atoms with E-state index in [1.807, 2.05) is 30.3 Å². The fourth-order valence-corrected chi connectivity index (χ4v) is 3.92. The summed E-state index contributed by atoms with van der Waals surface area (Å²) >= 11 is 0. The lowest BCUT2D eigenvalue weighted by Gasteiger charge is -2.34. The lowest BCUT2D eigenvalue weighted by Crippen LogP contribution is -2.35. The quantitative estimate of drug-likeness (QED) is 0.460. The Morgan fingerprint density at radius 1 is 1.03 bits per heavy atom. The largest absolute Gasteiger partial charge is 0.497 e. The van der Waals surface area contributed by atoms with Crippen LogP contribution in [0, 0.1) is 11.7 Å². The molecule has 2 unspecified atom stereocenters. The van der Waals surface area contributed by atoms with Gasteiger partial charge in [0.1, 0.15) is 23.6 Å². The van der Waals surface area contributed by atoms with E-state index < -0.39 is 5.41 Å². The molecule has 0 spiro atoms. The topological polar surface area (TPSA) is 38.8 Å². The molecule has 2 rings (SSSR count). The van der Waals surface area contributed by atoms with Gasteiger partial charge in [-0.05, 0) is 74.7 Å². The molecule has 5 heteroatoms. The molecule has 0 aliphatic heterocycles. The molecule has 0 saturated carbocycles. The number of aldehydes is 1. The Balaban J connectivity index is 2.17. The van der Waals surface area contributed by atoms with Crippen molar-refractivity contribution in [3.63, 3.8) is 0 Å². The Morgan fingerprint density at radius 3 is 2.07 bits per heavy atom. The van der Waals surface area contributed by atoms with Crippen molar-refractivity contribution in [2.75, 3.05) is 27.8 Å². The van der Waals surface area contributed by atoms with E-state index in [1.165, 1.54) is 12.1 Å². The average molecular weight is 416 g/mol. The second-order valence-electron chi connectivity index (χ2n) is 8.23. The van der Waals surface area contributed by atoms with Crippen LogP contribution in [0.2, 0.25) is 0 Å². The van der Waals surface area contributed by atoms with Crippen LogP contribution in [-0.2, 0) is 10.2 Å². The van der Waals surface area contributed by atoms with E-state index in [4.69, 9.17) is 9.47 Å². The van der Waals surface area contributed by atoms with E-state index in [9.17, 15) is 9.18 Å². The zero-order valence-corrected chi connectivity index (χ0v) is 18.9. The number of benzene rings is 2. The Hall–Kier alpha value is -2.40. The number of hydrogen-bond acceptors (Lipinski definition) is 4. The number of hydrogen-bond donors (Lipinski definition) is 0. The molecule has 0 aliphatic carbocycles. The highest BCUT2D eigenvalue weighted by atomic mass is 19.1. The highest BCUT2D eigenvalue weighted by Crippen LogP contribution is 2.39. The van der Waals surface area contributed by atoms with Crippen LogP contribution < -0.4 is 9.47 Å². The van der Waals surface area contributed by atoms with Crippen LogP contribution in [0.5, 0.6) is 11.5 Å². The van der Waals surface area contributed by atoms with Crippen LogP contribution in [0.4, 0.5) is 4.39 Å². The van der Waals surface area contributed by atoms with Crippen molar-refractivity contribution in [1.29, 1.82) is 0 Å². The standard InChI is InChI=1S/C25H34FNO3/c1-18(2)25(17-28,21-14-23(29-5)16-24(15-21)30-6)12-7-13-27(4)19(3)20-8-10-22(26)11-9-20/h8-11,14-19H,7,12-13H2,1-6H3. The first-order valence-electron chi connectivity index (χ1n) is 10.4. The van der Waals surface area contributed by atoms with E-state index in [1.54, 1.807) is 14.2 Å². The Kier molecular flexibility index (Phi) is 8.42. The third-order valence-electron chi connectivity index (χ3n) is 6.24. The summed E-state index contributed by atoms with van der Waals surface area (Å²) in [5.74, 6) is 1.25. The summed E-state index contributed by atoms with van der Waals surface area (Å²) in [6, 6.07) is 12.5. The molecule has 0 radical (unpaired) electrons. The lowest BCUT2D eigenvalue weighted by atomic mass is 9.69. The minimum absolute atomic E-state index is 0.117. The second kappa shape index (κ2) is 10.6. The van der Waals surface area contributed by atoms with Crippen LogP contribution in [-0.4, -0.2) is 39.0 Å². The second-order valence-corrected chi connectivity index (χ2v) is 8.23. The third kappa shape index (κ3) is 5.39. The van der Waals surface area contributed by atoms with Crippen molar-refractivity contribution in [3.05, 3.63) is 59.4 Å². The van der Waals surface area contributed by atoms with Crippen LogP contribution in [0.1, 0.15) is 50.8 Å². The van der Waals surface area contributed by atoms with Crippen molar-refractivity contribution < 1.29 is 18.7 Å². The fourth-order valence-electron chi connectivity index (χ4n) is 3.92. The van der Waals surface area contributed by atoms with Gasteiger partial charge in [-0.1, -0.05) is 26.0 Å². The minimum atomic E-state index is -0.623. The number of carbonyl (C=O) groups is 1. The first-order chi connectivity index (χ1) is 14.3. The molecule has 0 aromatic heterocycles. The van der Waals surface area contributed by atoms with Crippen LogP contribution in [0.15, 0.2) is 42.5 Å². The average Bonchev–Trinajstić information content (AvgIpc) is 2.76. The SMILES string of the molecule is COc1cc(OC)cc(C(C=O)(CCCN(C)C(C)c2ccc(F)cc2)C(C)C)c1. The van der Waals surface area contributed by atoms with Gasteiger partial charge in [-0.3, -0.25) is 4.90 Å². The zero-order valence-electron chi connectivity index (χ0n) is 18.9. The van der Waals surface area contributed by atoms with Crippen molar-refractivity contribution in [2.24, 2.45) is 5.92 Å². The highest BCUT2D eigenvalue weighted by molar-refractivity contribution is 5.70. The normalized spacial score (nSPS) is 14.4. The first kappa shape index (κ1) is 23.9. The van der Waals surface area contributed by atoms with Gasteiger partial charge in [0.25, 0.3) is 0 Å². The summed E-state index contributed by atoms with van der Waals surface area (Å²) in [4.78, 5) is 14.6. The Labute approximate surface area is 180 Å². The van der Waals surface area contributed by atoms with Gasteiger partial charge in [0.15, 0.2) is 0 Å². The molecule has 0 fully saturated rings. The van der Waals surface area contributed by atoms with E-state index in [-0.39, 0.29) is 17.8 Å². The van der Waals surface area contributed by atoms with Crippen LogP contribution in [0.3, 0.4) is 0 Å². The summed E-state index contributed by atoms with van der Waals surface area (Å²) < 4.78 is 24.0. The Morgan fingerprint density at radius 2 is 1.60 bits per heavy atom. The molecular weight excluding hydrogens is 381 g/mol. The molecule has 30 heavy (non-hydrogen) atoms. The smallest absolute Gasteiger partial charge is 0.130 e. The van der Waals surface area contributed by atoms with Gasteiger partial charge < -0.3 is 14.3 Å². The van der Waals surface area contributed by atoms with E-state index >= 15 is 0 Å². The van der Waals surface area contributed by atoms with Gasteiger partial charge in [-0.15, -0.1) is 0 Å². The highest BCUT2D eigenvalue weighted by Gasteiger charge is 2.36. The number of methoxy groups -OCH3 is 2. The summed E-state index contributed by atoms with van der Waals surface area (Å²) in [6.45, 7) is 7.08. The van der Waals surface area contributed by atoms with Gasteiger partial charge in [-0.25, -0.2) is 4.39 Å². The first-order valence-corrected chi connectivity index (χ1v) is 10.4. The maximum Gasteiger partial charge on any atom is 0.130 e. The molecule has 0 bridgehead atoms. The van der Waals surface area contributed by atoms with Gasteiger partial charge in [-0.2, -0.15) is 0 Å². The van der Waals surface area contributed by atoms with Crippen LogP contribution in [0.25, 0.3) is 0 Å². The molecule has 2 aromatic carbocycles. The maximum absolute atomic E-state index is 13.2. The fraction of sp³-hybridized carbons (Fsp3) is 0.480. The Bertz CT molecular complexity index is 799. The third-order valence-corrected chi connectivity index (χ3v) is 6.24. The summed E-state index contributed by atoms with van der Waals surface area (Å²) in [6.07, 6.45) is 2.64. The number of nitrogens with zero attached hydrogens (tertiary/aromatic N) is 1. The van der Waals surface area contributed by atoms with Gasteiger partial charge in [0, 0.05) is 12.1 Å². The molecular formula is C25H34FNO3. The van der Waals surface area contributed by atoms with E-state index in [2.05, 4.69) is 32.7 Å². The lowest BCUT2D eigenvalue weighted by molar-refractivity contribution is -0.114. The van der Waals surface area contributed by atoms with Crippen molar-refractivity contribution >= 4 is 6.29 Å². The van der Waals surface area contributed by atoms with Crippen LogP contribution >= 0.6 is 0 Å². The molecule has 164 valence electrons. The molecule has 0 amide bonds. The van der Waals surface area contributed by atoms with E-state index in [0.29, 0.717) is 17.9 Å². The predicted octanol–water partition coefficient (Wildman–Crippen LogP) is 5.41. The summed E-state index contributed by atoms with van der Waals surface area (Å²) in [7, 11) is 5.28. The minimum Gasteiger partial charge on any atom is -0.497 e. The van der Waals surface area contributed by atoms with Gasteiger partial charge >= 0.3 is 0 Å². The maximum atomic E-state index is 13.2. The summed E-state index contributed by atoms with van der Waals surface area (Å²) in [5, 5.41) is 0. The molecule has 2 atom stereocenters.